The lowest BCUT2D eigenvalue weighted by Crippen LogP contribution is -2.23. The second kappa shape index (κ2) is 7.59. The van der Waals surface area contributed by atoms with E-state index in [4.69, 9.17) is 6.42 Å². The summed E-state index contributed by atoms with van der Waals surface area (Å²) in [5, 5.41) is 2.71. The molecule has 0 aliphatic rings. The maximum atomic E-state index is 12.2. The van der Waals surface area contributed by atoms with Gasteiger partial charge < -0.3 is 5.32 Å². The molecule has 0 aromatic heterocycles. The van der Waals surface area contributed by atoms with Crippen molar-refractivity contribution in [3.05, 3.63) is 72.3 Å². The number of terminal acetylenes is 1. The molecule has 2 aromatic carbocycles. The lowest BCUT2D eigenvalue weighted by molar-refractivity contribution is 0.102. The van der Waals surface area contributed by atoms with E-state index < -0.39 is 10.0 Å². The zero-order chi connectivity index (χ0) is 17.6. The van der Waals surface area contributed by atoms with Crippen molar-refractivity contribution in [2.24, 2.45) is 0 Å². The predicted octanol–water partition coefficient (Wildman–Crippen LogP) is 2.38. The SMILES string of the molecule is C#Cc1cccc(NC(=O)c2ccc(S(=O)(=O)NCC=C)cc2)c1. The van der Waals surface area contributed by atoms with Gasteiger partial charge in [0.15, 0.2) is 0 Å². The smallest absolute Gasteiger partial charge is 0.255 e. The number of benzene rings is 2. The van der Waals surface area contributed by atoms with E-state index in [1.807, 2.05) is 0 Å². The summed E-state index contributed by atoms with van der Waals surface area (Å²) < 4.78 is 26.3. The second-order valence-electron chi connectivity index (χ2n) is 4.84. The van der Waals surface area contributed by atoms with Crippen LogP contribution in [0.15, 0.2) is 66.1 Å². The van der Waals surface area contributed by atoms with Gasteiger partial charge in [0.1, 0.15) is 0 Å². The Hall–Kier alpha value is -2.88. The standard InChI is InChI=1S/C18H16N2O3S/c1-3-12-19-24(22,23)17-10-8-15(9-11-17)18(21)20-16-7-5-6-14(4-2)13-16/h2-3,5-11,13,19H,1,12H2,(H,20,21). The third-order valence-electron chi connectivity index (χ3n) is 3.13. The lowest BCUT2D eigenvalue weighted by Gasteiger charge is -2.08. The van der Waals surface area contributed by atoms with Gasteiger partial charge in [0.2, 0.25) is 10.0 Å². The predicted molar refractivity (Wildman–Crippen MR) is 94.2 cm³/mol. The van der Waals surface area contributed by atoms with E-state index in [1.165, 1.54) is 30.3 Å². The Morgan fingerprint density at radius 1 is 1.21 bits per heavy atom. The van der Waals surface area contributed by atoms with Crippen LogP contribution in [0.4, 0.5) is 5.69 Å². The van der Waals surface area contributed by atoms with Crippen molar-refractivity contribution in [1.29, 1.82) is 0 Å². The number of hydrogen-bond acceptors (Lipinski definition) is 3. The number of hydrogen-bond donors (Lipinski definition) is 2. The summed E-state index contributed by atoms with van der Waals surface area (Å²) in [5.74, 6) is 2.13. The monoisotopic (exact) mass is 340 g/mol. The maximum absolute atomic E-state index is 12.2. The van der Waals surface area contributed by atoms with Crippen LogP contribution < -0.4 is 10.0 Å². The number of anilines is 1. The van der Waals surface area contributed by atoms with Crippen molar-refractivity contribution in [2.45, 2.75) is 4.90 Å². The first-order valence-corrected chi connectivity index (χ1v) is 8.53. The fourth-order valence-electron chi connectivity index (χ4n) is 1.93. The van der Waals surface area contributed by atoms with Gasteiger partial charge in [-0.05, 0) is 42.5 Å². The molecule has 0 spiro atoms. The molecule has 2 N–H and O–H groups in total. The molecule has 24 heavy (non-hydrogen) atoms. The van der Waals surface area contributed by atoms with Gasteiger partial charge in [0, 0.05) is 23.4 Å². The van der Waals surface area contributed by atoms with E-state index in [9.17, 15) is 13.2 Å². The second-order valence-corrected chi connectivity index (χ2v) is 6.61. The summed E-state index contributed by atoms with van der Waals surface area (Å²) in [6.45, 7) is 3.59. The molecule has 0 saturated heterocycles. The van der Waals surface area contributed by atoms with Gasteiger partial charge in [-0.1, -0.05) is 18.1 Å². The molecule has 0 aliphatic heterocycles. The van der Waals surface area contributed by atoms with Crippen molar-refractivity contribution in [3.63, 3.8) is 0 Å². The van der Waals surface area contributed by atoms with E-state index >= 15 is 0 Å². The molecule has 122 valence electrons. The van der Waals surface area contributed by atoms with E-state index in [-0.39, 0.29) is 17.3 Å². The quantitative estimate of drug-likeness (QED) is 0.626. The first-order chi connectivity index (χ1) is 11.5. The Labute approximate surface area is 141 Å². The van der Waals surface area contributed by atoms with Crippen LogP contribution in [0.25, 0.3) is 0 Å². The molecular weight excluding hydrogens is 324 g/mol. The van der Waals surface area contributed by atoms with E-state index in [1.54, 1.807) is 24.3 Å². The normalized spacial score (nSPS) is 10.6. The lowest BCUT2D eigenvalue weighted by atomic mass is 10.2. The van der Waals surface area contributed by atoms with Crippen molar-refractivity contribution >= 4 is 21.6 Å². The fraction of sp³-hybridized carbons (Fsp3) is 0.0556. The minimum Gasteiger partial charge on any atom is -0.322 e. The van der Waals surface area contributed by atoms with E-state index in [2.05, 4.69) is 22.5 Å². The summed E-state index contributed by atoms with van der Waals surface area (Å²) in [6, 6.07) is 12.5. The largest absolute Gasteiger partial charge is 0.322 e. The Morgan fingerprint density at radius 2 is 1.92 bits per heavy atom. The van der Waals surface area contributed by atoms with Gasteiger partial charge in [-0.2, -0.15) is 0 Å². The van der Waals surface area contributed by atoms with Crippen molar-refractivity contribution in [1.82, 2.24) is 4.72 Å². The van der Waals surface area contributed by atoms with Gasteiger partial charge in [0.25, 0.3) is 5.91 Å². The molecule has 0 atom stereocenters. The summed E-state index contributed by atoms with van der Waals surface area (Å²) in [6.07, 6.45) is 6.77. The molecule has 5 nitrogen and oxygen atoms in total. The average Bonchev–Trinajstić information content (AvgIpc) is 2.60. The molecule has 1 amide bonds. The van der Waals surface area contributed by atoms with Crippen molar-refractivity contribution in [3.8, 4) is 12.3 Å². The summed E-state index contributed by atoms with van der Waals surface area (Å²) in [5.41, 5.74) is 1.56. The fourth-order valence-corrected chi connectivity index (χ4v) is 2.93. The van der Waals surface area contributed by atoms with Crippen LogP contribution in [0.3, 0.4) is 0 Å². The maximum Gasteiger partial charge on any atom is 0.255 e. The average molecular weight is 340 g/mol. The van der Waals surface area contributed by atoms with Crippen LogP contribution >= 0.6 is 0 Å². The van der Waals surface area contributed by atoms with Crippen molar-refractivity contribution < 1.29 is 13.2 Å². The zero-order valence-electron chi connectivity index (χ0n) is 12.8. The highest BCUT2D eigenvalue weighted by atomic mass is 32.2. The molecule has 0 unspecified atom stereocenters. The van der Waals surface area contributed by atoms with Crippen LogP contribution in [0.2, 0.25) is 0 Å². The molecule has 2 rings (SSSR count). The van der Waals surface area contributed by atoms with Gasteiger partial charge in [-0.15, -0.1) is 13.0 Å². The Bertz CT molecular complexity index is 895. The van der Waals surface area contributed by atoms with E-state index in [0.29, 0.717) is 16.8 Å². The van der Waals surface area contributed by atoms with Gasteiger partial charge in [-0.3, -0.25) is 4.79 Å². The summed E-state index contributed by atoms with van der Waals surface area (Å²) in [7, 11) is -3.61. The van der Waals surface area contributed by atoms with Crippen LogP contribution in [0.1, 0.15) is 15.9 Å². The van der Waals surface area contributed by atoms with Crippen LogP contribution in [-0.4, -0.2) is 20.9 Å². The Balaban J connectivity index is 2.14. The molecule has 0 bridgehead atoms. The highest BCUT2D eigenvalue weighted by Crippen LogP contribution is 2.14. The molecule has 0 radical (unpaired) electrons. The van der Waals surface area contributed by atoms with Gasteiger partial charge >= 0.3 is 0 Å². The number of sulfonamides is 1. The molecule has 2 aromatic rings. The molecule has 0 fully saturated rings. The minimum absolute atomic E-state index is 0.0789. The first kappa shape index (κ1) is 17.5. The Morgan fingerprint density at radius 3 is 2.54 bits per heavy atom. The molecule has 0 saturated carbocycles. The topological polar surface area (TPSA) is 75.3 Å². The van der Waals surface area contributed by atoms with Gasteiger partial charge in [-0.25, -0.2) is 13.1 Å². The highest BCUT2D eigenvalue weighted by Gasteiger charge is 2.14. The van der Waals surface area contributed by atoms with E-state index in [0.717, 1.165) is 0 Å². The third kappa shape index (κ3) is 4.32. The van der Waals surface area contributed by atoms with Crippen LogP contribution in [0.5, 0.6) is 0 Å². The highest BCUT2D eigenvalue weighted by molar-refractivity contribution is 7.89. The van der Waals surface area contributed by atoms with Crippen LogP contribution in [-0.2, 0) is 10.0 Å². The molecule has 6 heteroatoms. The summed E-state index contributed by atoms with van der Waals surface area (Å²) >= 11 is 0. The summed E-state index contributed by atoms with van der Waals surface area (Å²) in [4.78, 5) is 12.3. The minimum atomic E-state index is -3.61. The third-order valence-corrected chi connectivity index (χ3v) is 4.57. The number of carbonyl (C=O) groups is 1. The van der Waals surface area contributed by atoms with Crippen LogP contribution in [0, 0.1) is 12.3 Å². The zero-order valence-corrected chi connectivity index (χ0v) is 13.6. The number of amides is 1. The molecule has 0 aliphatic carbocycles. The molecule has 0 heterocycles. The number of rotatable bonds is 6. The van der Waals surface area contributed by atoms with Gasteiger partial charge in [0.05, 0.1) is 4.90 Å². The number of carbonyl (C=O) groups excluding carboxylic acids is 1. The Kier molecular flexibility index (Phi) is 5.53. The van der Waals surface area contributed by atoms with Crippen molar-refractivity contribution in [2.75, 3.05) is 11.9 Å². The first-order valence-electron chi connectivity index (χ1n) is 7.05. The number of nitrogens with one attached hydrogen (secondary N) is 2. The molecular formula is C18H16N2O3S.